The van der Waals surface area contributed by atoms with Crippen LogP contribution in [0.4, 0.5) is 5.69 Å². The Labute approximate surface area is 251 Å². The van der Waals surface area contributed by atoms with E-state index in [0.29, 0.717) is 53.0 Å². The molecular weight excluding hydrogens is 594 g/mol. The number of nitrogens with one attached hydrogen (secondary N) is 2. The van der Waals surface area contributed by atoms with Gasteiger partial charge in [0.1, 0.15) is 5.76 Å². The topological polar surface area (TPSA) is 122 Å². The SMILES string of the molecule is CC1=C(C(=O)Nc2ccccc2)[C@H](c2ccc(Cl)cc2)n2c(s/c(=C/c3ccc(Sc4nc(C)cc(=O)[nH]4)o3)c2=O)=N1. The van der Waals surface area contributed by atoms with Gasteiger partial charge in [-0.1, -0.05) is 53.3 Å². The number of nitrogens with zero attached hydrogens (tertiary/aromatic N) is 3. The number of halogens is 1. The van der Waals surface area contributed by atoms with Crippen molar-refractivity contribution in [3.05, 3.63) is 136 Å². The number of hydrogen-bond acceptors (Lipinski definition) is 8. The molecule has 1 atom stereocenters. The number of carbonyl (C=O) groups is 1. The molecule has 4 heterocycles. The number of allylic oxidation sites excluding steroid dienone is 1. The van der Waals surface area contributed by atoms with Gasteiger partial charge in [-0.15, -0.1) is 0 Å². The summed E-state index contributed by atoms with van der Waals surface area (Å²) in [7, 11) is 0. The Bertz CT molecular complexity index is 2090. The summed E-state index contributed by atoms with van der Waals surface area (Å²) in [6, 6.07) is 20.3. The van der Waals surface area contributed by atoms with Crippen LogP contribution in [0, 0.1) is 6.92 Å². The number of amides is 1. The maximum atomic E-state index is 13.9. The van der Waals surface area contributed by atoms with Gasteiger partial charge >= 0.3 is 0 Å². The molecule has 0 saturated carbocycles. The van der Waals surface area contributed by atoms with Crippen molar-refractivity contribution in [3.8, 4) is 0 Å². The lowest BCUT2D eigenvalue weighted by molar-refractivity contribution is -0.113. The Hall–Kier alpha value is -4.45. The molecule has 9 nitrogen and oxygen atoms in total. The van der Waals surface area contributed by atoms with E-state index in [1.54, 1.807) is 68.5 Å². The van der Waals surface area contributed by atoms with E-state index >= 15 is 0 Å². The minimum Gasteiger partial charge on any atom is -0.450 e. The predicted octanol–water partition coefficient (Wildman–Crippen LogP) is 4.66. The number of anilines is 1. The van der Waals surface area contributed by atoms with Crippen molar-refractivity contribution in [2.75, 3.05) is 5.32 Å². The second kappa shape index (κ2) is 11.4. The maximum Gasteiger partial charge on any atom is 0.271 e. The summed E-state index contributed by atoms with van der Waals surface area (Å²) in [4.78, 5) is 51.4. The highest BCUT2D eigenvalue weighted by Crippen LogP contribution is 2.31. The molecule has 0 radical (unpaired) electrons. The van der Waals surface area contributed by atoms with Gasteiger partial charge in [0.2, 0.25) is 0 Å². The normalized spacial score (nSPS) is 14.9. The number of aryl methyl sites for hydroxylation is 1. The van der Waals surface area contributed by atoms with E-state index in [9.17, 15) is 14.4 Å². The average molecular weight is 616 g/mol. The van der Waals surface area contributed by atoms with Crippen molar-refractivity contribution >= 4 is 52.4 Å². The molecule has 12 heteroatoms. The largest absolute Gasteiger partial charge is 0.450 e. The van der Waals surface area contributed by atoms with Crippen molar-refractivity contribution < 1.29 is 9.21 Å². The number of benzene rings is 2. The monoisotopic (exact) mass is 615 g/mol. The Morgan fingerprint density at radius 2 is 1.86 bits per heavy atom. The molecule has 0 spiro atoms. The van der Waals surface area contributed by atoms with Gasteiger partial charge in [-0.25, -0.2) is 9.98 Å². The van der Waals surface area contributed by atoms with E-state index in [2.05, 4.69) is 20.3 Å². The first-order valence-corrected chi connectivity index (χ1v) is 14.8. The summed E-state index contributed by atoms with van der Waals surface area (Å²) in [5, 5.41) is 4.37. The number of aromatic nitrogens is 3. The first kappa shape index (κ1) is 27.7. The lowest BCUT2D eigenvalue weighted by Crippen LogP contribution is -2.40. The molecule has 210 valence electrons. The molecule has 2 N–H and O–H groups in total. The van der Waals surface area contributed by atoms with Crippen LogP contribution in [-0.2, 0) is 4.79 Å². The van der Waals surface area contributed by atoms with Crippen LogP contribution < -0.4 is 25.8 Å². The fourth-order valence-corrected chi connectivity index (χ4v) is 6.54. The maximum absolute atomic E-state index is 13.9. The molecule has 0 fully saturated rings. The number of fused-ring (bicyclic) bond motifs is 1. The van der Waals surface area contributed by atoms with Crippen molar-refractivity contribution in [1.82, 2.24) is 14.5 Å². The molecule has 5 aromatic rings. The number of carbonyl (C=O) groups excluding carboxylic acids is 1. The van der Waals surface area contributed by atoms with Crippen LogP contribution in [0.2, 0.25) is 5.02 Å². The predicted molar refractivity (Wildman–Crippen MR) is 163 cm³/mol. The summed E-state index contributed by atoms with van der Waals surface area (Å²) in [6.07, 6.45) is 1.64. The van der Waals surface area contributed by atoms with E-state index in [1.165, 1.54) is 33.7 Å². The van der Waals surface area contributed by atoms with Crippen LogP contribution in [0.5, 0.6) is 0 Å². The fourth-order valence-electron chi connectivity index (χ4n) is 4.58. The van der Waals surface area contributed by atoms with Crippen LogP contribution in [0.15, 0.2) is 113 Å². The number of rotatable bonds is 6. The number of aromatic amines is 1. The van der Waals surface area contributed by atoms with Gasteiger partial charge in [-0.05, 0) is 67.6 Å². The zero-order chi connectivity index (χ0) is 29.4. The van der Waals surface area contributed by atoms with Gasteiger partial charge in [0.25, 0.3) is 17.0 Å². The Balaban J connectivity index is 1.40. The quantitative estimate of drug-likeness (QED) is 0.268. The molecule has 0 saturated heterocycles. The molecule has 0 unspecified atom stereocenters. The van der Waals surface area contributed by atoms with Crippen LogP contribution in [0.3, 0.4) is 0 Å². The van der Waals surface area contributed by atoms with Gasteiger partial charge in [0.15, 0.2) is 15.1 Å². The van der Waals surface area contributed by atoms with Crippen LogP contribution in [-0.4, -0.2) is 20.4 Å². The molecule has 42 heavy (non-hydrogen) atoms. The molecular formula is C30H22ClN5O4S2. The van der Waals surface area contributed by atoms with E-state index in [-0.39, 0.29) is 17.0 Å². The Kier molecular flexibility index (Phi) is 7.55. The molecule has 0 bridgehead atoms. The number of H-pyrrole nitrogens is 1. The highest BCUT2D eigenvalue weighted by atomic mass is 35.5. The zero-order valence-corrected chi connectivity index (χ0v) is 24.6. The number of thiazole rings is 1. The third-order valence-electron chi connectivity index (χ3n) is 6.40. The van der Waals surface area contributed by atoms with Crippen LogP contribution >= 0.6 is 34.7 Å². The minimum absolute atomic E-state index is 0.250. The summed E-state index contributed by atoms with van der Waals surface area (Å²) in [6.45, 7) is 3.50. The Morgan fingerprint density at radius 3 is 2.60 bits per heavy atom. The number of hydrogen-bond donors (Lipinski definition) is 2. The van der Waals surface area contributed by atoms with E-state index in [1.807, 2.05) is 18.2 Å². The summed E-state index contributed by atoms with van der Waals surface area (Å²) < 4.78 is 7.84. The van der Waals surface area contributed by atoms with Gasteiger partial charge < -0.3 is 14.7 Å². The fraction of sp³-hybridized carbons (Fsp3) is 0.100. The van der Waals surface area contributed by atoms with Crippen molar-refractivity contribution in [1.29, 1.82) is 0 Å². The van der Waals surface area contributed by atoms with Crippen LogP contribution in [0.1, 0.15) is 30.0 Å². The van der Waals surface area contributed by atoms with Gasteiger partial charge in [0.05, 0.1) is 21.8 Å². The molecule has 3 aromatic heterocycles. The summed E-state index contributed by atoms with van der Waals surface area (Å²) in [5.74, 6) is 0.0887. The van der Waals surface area contributed by atoms with Gasteiger partial charge in [-0.2, -0.15) is 0 Å². The van der Waals surface area contributed by atoms with Gasteiger partial charge in [-0.3, -0.25) is 19.0 Å². The molecule has 1 amide bonds. The summed E-state index contributed by atoms with van der Waals surface area (Å²) in [5.41, 5.74) is 2.25. The molecule has 6 rings (SSSR count). The first-order chi connectivity index (χ1) is 20.2. The molecule has 1 aliphatic rings. The molecule has 1 aliphatic heterocycles. The van der Waals surface area contributed by atoms with Gasteiger partial charge in [0, 0.05) is 28.5 Å². The first-order valence-electron chi connectivity index (χ1n) is 12.8. The second-order valence-corrected chi connectivity index (χ2v) is 11.8. The Morgan fingerprint density at radius 1 is 1.10 bits per heavy atom. The average Bonchev–Trinajstić information content (AvgIpc) is 3.51. The van der Waals surface area contributed by atoms with Crippen molar-refractivity contribution in [2.24, 2.45) is 4.99 Å². The lowest BCUT2D eigenvalue weighted by Gasteiger charge is -2.25. The van der Waals surface area contributed by atoms with Crippen LogP contribution in [0.25, 0.3) is 6.08 Å². The lowest BCUT2D eigenvalue weighted by atomic mass is 9.95. The number of para-hydroxylation sites is 1. The molecule has 2 aromatic carbocycles. The molecule has 0 aliphatic carbocycles. The highest BCUT2D eigenvalue weighted by molar-refractivity contribution is 7.99. The third kappa shape index (κ3) is 5.67. The minimum atomic E-state index is -0.726. The standard InChI is InChI=1S/C30H22ClN5O4S2/c1-16-14-23(37)35-29(32-16)42-24-13-12-21(40-24)15-22-28(39)36-26(18-8-10-19(31)11-9-18)25(17(2)33-30(36)41-22)27(38)34-20-6-4-3-5-7-20/h3-15,26H,1-2H3,(H,34,38)(H,32,35,37)/b22-15+/t26-/m0/s1. The van der Waals surface area contributed by atoms with Crippen molar-refractivity contribution in [3.63, 3.8) is 0 Å². The highest BCUT2D eigenvalue weighted by Gasteiger charge is 2.32. The second-order valence-electron chi connectivity index (χ2n) is 9.40. The smallest absolute Gasteiger partial charge is 0.271 e. The van der Waals surface area contributed by atoms with E-state index in [4.69, 9.17) is 16.0 Å². The third-order valence-corrected chi connectivity index (χ3v) is 8.45. The van der Waals surface area contributed by atoms with E-state index < -0.39 is 6.04 Å². The zero-order valence-electron chi connectivity index (χ0n) is 22.3. The van der Waals surface area contributed by atoms with E-state index in [0.717, 1.165) is 5.56 Å². The summed E-state index contributed by atoms with van der Waals surface area (Å²) >= 11 is 8.54. The van der Waals surface area contributed by atoms with Crippen molar-refractivity contribution in [2.45, 2.75) is 30.1 Å². The number of furan rings is 1.